The Morgan fingerprint density at radius 1 is 1.06 bits per heavy atom. The molecule has 0 atom stereocenters. The first-order valence-corrected chi connectivity index (χ1v) is 6.41. The third-order valence-corrected chi connectivity index (χ3v) is 3.42. The van der Waals surface area contributed by atoms with Gasteiger partial charge in [0.2, 0.25) is 0 Å². The van der Waals surface area contributed by atoms with E-state index in [4.69, 9.17) is 0 Å². The van der Waals surface area contributed by atoms with Crippen LogP contribution in [0, 0.1) is 11.7 Å². The Kier molecular flexibility index (Phi) is 4.24. The van der Waals surface area contributed by atoms with Gasteiger partial charge in [0.25, 0.3) is 0 Å². The molecule has 1 aliphatic carbocycles. The van der Waals surface area contributed by atoms with Gasteiger partial charge in [-0.3, -0.25) is 9.59 Å². The summed E-state index contributed by atoms with van der Waals surface area (Å²) in [5, 5.41) is 0. The van der Waals surface area contributed by atoms with Gasteiger partial charge >= 0.3 is 0 Å². The summed E-state index contributed by atoms with van der Waals surface area (Å²) in [5.74, 6) is 0.164. The van der Waals surface area contributed by atoms with Crippen molar-refractivity contribution in [2.45, 2.75) is 38.5 Å². The molecule has 2 nitrogen and oxygen atoms in total. The van der Waals surface area contributed by atoms with Crippen molar-refractivity contribution in [1.82, 2.24) is 0 Å². The zero-order chi connectivity index (χ0) is 13.0. The van der Waals surface area contributed by atoms with Gasteiger partial charge in [-0.05, 0) is 42.9 Å². The molecule has 1 fully saturated rings. The second-order valence-electron chi connectivity index (χ2n) is 5.05. The van der Waals surface area contributed by atoms with Gasteiger partial charge in [-0.2, -0.15) is 0 Å². The topological polar surface area (TPSA) is 34.1 Å². The molecule has 0 aromatic heterocycles. The van der Waals surface area contributed by atoms with Gasteiger partial charge < -0.3 is 0 Å². The van der Waals surface area contributed by atoms with Gasteiger partial charge in [0, 0.05) is 12.8 Å². The van der Waals surface area contributed by atoms with E-state index in [0.29, 0.717) is 12.8 Å². The molecule has 96 valence electrons. The first-order chi connectivity index (χ1) is 8.63. The fourth-order valence-electron chi connectivity index (χ4n) is 2.53. The van der Waals surface area contributed by atoms with Crippen LogP contribution in [0.15, 0.2) is 24.3 Å². The van der Waals surface area contributed by atoms with Gasteiger partial charge in [0.15, 0.2) is 0 Å². The van der Waals surface area contributed by atoms with Crippen molar-refractivity contribution in [3.05, 3.63) is 35.6 Å². The highest BCUT2D eigenvalue weighted by molar-refractivity contribution is 6.01. The molecule has 0 saturated heterocycles. The van der Waals surface area contributed by atoms with E-state index in [1.165, 1.54) is 12.1 Å². The van der Waals surface area contributed by atoms with E-state index >= 15 is 0 Å². The maximum absolute atomic E-state index is 12.7. The van der Waals surface area contributed by atoms with E-state index in [0.717, 1.165) is 24.8 Å². The van der Waals surface area contributed by atoms with Crippen LogP contribution in [0.3, 0.4) is 0 Å². The molecule has 0 amide bonds. The van der Waals surface area contributed by atoms with E-state index in [-0.39, 0.29) is 29.7 Å². The minimum Gasteiger partial charge on any atom is -0.299 e. The van der Waals surface area contributed by atoms with Crippen molar-refractivity contribution in [3.63, 3.8) is 0 Å². The lowest BCUT2D eigenvalue weighted by Gasteiger charge is -2.19. The van der Waals surface area contributed by atoms with Gasteiger partial charge in [-0.1, -0.05) is 12.1 Å². The van der Waals surface area contributed by atoms with Gasteiger partial charge in [-0.25, -0.2) is 4.39 Å². The SMILES string of the molecule is O=C1CC(=O)CC(CCCc2ccc(F)cc2)C1. The zero-order valence-electron chi connectivity index (χ0n) is 10.3. The number of hydrogen-bond donors (Lipinski definition) is 0. The predicted octanol–water partition coefficient (Wildman–Crippen LogP) is 3.09. The van der Waals surface area contributed by atoms with Crippen molar-refractivity contribution in [2.24, 2.45) is 5.92 Å². The molecule has 0 N–H and O–H groups in total. The Bertz CT molecular complexity index is 420. The average molecular weight is 248 g/mol. The molecule has 1 saturated carbocycles. The fourth-order valence-corrected chi connectivity index (χ4v) is 2.53. The summed E-state index contributed by atoms with van der Waals surface area (Å²) >= 11 is 0. The first kappa shape index (κ1) is 12.9. The maximum Gasteiger partial charge on any atom is 0.140 e. The molecule has 0 heterocycles. The van der Waals surface area contributed by atoms with Gasteiger partial charge in [-0.15, -0.1) is 0 Å². The molecule has 0 aliphatic heterocycles. The molecule has 1 aromatic carbocycles. The maximum atomic E-state index is 12.7. The summed E-state index contributed by atoms with van der Waals surface area (Å²) in [4.78, 5) is 22.6. The number of carbonyl (C=O) groups excluding carboxylic acids is 2. The Morgan fingerprint density at radius 2 is 1.67 bits per heavy atom. The quantitative estimate of drug-likeness (QED) is 0.767. The number of hydrogen-bond acceptors (Lipinski definition) is 2. The average Bonchev–Trinajstić information content (AvgIpc) is 2.30. The minimum absolute atomic E-state index is 0.0815. The van der Waals surface area contributed by atoms with E-state index < -0.39 is 0 Å². The van der Waals surface area contributed by atoms with Crippen LogP contribution in [0.25, 0.3) is 0 Å². The number of Topliss-reactive ketones (excluding diaryl/α,β-unsaturated/α-hetero) is 2. The van der Waals surface area contributed by atoms with Crippen LogP contribution >= 0.6 is 0 Å². The van der Waals surface area contributed by atoms with Crippen LogP contribution in [-0.4, -0.2) is 11.6 Å². The smallest absolute Gasteiger partial charge is 0.140 e. The van der Waals surface area contributed by atoms with Gasteiger partial charge in [0.1, 0.15) is 17.4 Å². The summed E-state index contributed by atoms with van der Waals surface area (Å²) in [6.07, 6.45) is 3.95. The number of carbonyl (C=O) groups is 2. The number of aryl methyl sites for hydroxylation is 1. The van der Waals surface area contributed by atoms with Crippen LogP contribution in [-0.2, 0) is 16.0 Å². The van der Waals surface area contributed by atoms with E-state index in [2.05, 4.69) is 0 Å². The molecule has 18 heavy (non-hydrogen) atoms. The third-order valence-electron chi connectivity index (χ3n) is 3.42. The number of ketones is 2. The van der Waals surface area contributed by atoms with Crippen molar-refractivity contribution in [2.75, 3.05) is 0 Å². The van der Waals surface area contributed by atoms with Crippen molar-refractivity contribution in [3.8, 4) is 0 Å². The van der Waals surface area contributed by atoms with E-state index in [9.17, 15) is 14.0 Å². The lowest BCUT2D eigenvalue weighted by molar-refractivity contribution is -0.131. The summed E-state index contributed by atoms with van der Waals surface area (Å²) < 4.78 is 12.7. The highest BCUT2D eigenvalue weighted by Crippen LogP contribution is 2.24. The van der Waals surface area contributed by atoms with Crippen LogP contribution < -0.4 is 0 Å². The van der Waals surface area contributed by atoms with Crippen molar-refractivity contribution in [1.29, 1.82) is 0 Å². The monoisotopic (exact) mass is 248 g/mol. The lowest BCUT2D eigenvalue weighted by atomic mass is 9.84. The van der Waals surface area contributed by atoms with Crippen LogP contribution in [0.5, 0.6) is 0 Å². The molecule has 1 aliphatic rings. The second-order valence-corrected chi connectivity index (χ2v) is 5.05. The summed E-state index contributed by atoms with van der Waals surface area (Å²) in [6, 6.07) is 6.49. The van der Waals surface area contributed by atoms with Gasteiger partial charge in [0.05, 0.1) is 6.42 Å². The molecule has 1 aromatic rings. The molecular weight excluding hydrogens is 231 g/mol. The standard InChI is InChI=1S/C15H17FO2/c16-13-6-4-11(5-7-13)2-1-3-12-8-14(17)10-15(18)9-12/h4-7,12H,1-3,8-10H2. The lowest BCUT2D eigenvalue weighted by Crippen LogP contribution is -2.22. The molecule has 2 rings (SSSR count). The number of rotatable bonds is 4. The van der Waals surface area contributed by atoms with E-state index in [1.54, 1.807) is 12.1 Å². The Morgan fingerprint density at radius 3 is 2.28 bits per heavy atom. The van der Waals surface area contributed by atoms with Crippen LogP contribution in [0.4, 0.5) is 4.39 Å². The number of halogens is 1. The normalized spacial score (nSPS) is 17.2. The fraction of sp³-hybridized carbons (Fsp3) is 0.467. The second kappa shape index (κ2) is 5.89. The van der Waals surface area contributed by atoms with Crippen molar-refractivity contribution >= 4 is 11.6 Å². The highest BCUT2D eigenvalue weighted by Gasteiger charge is 2.24. The number of benzene rings is 1. The molecule has 0 spiro atoms. The molecule has 0 unspecified atom stereocenters. The van der Waals surface area contributed by atoms with Crippen LogP contribution in [0.2, 0.25) is 0 Å². The predicted molar refractivity (Wildman–Crippen MR) is 66.7 cm³/mol. The summed E-state index contributed by atoms with van der Waals surface area (Å²) in [7, 11) is 0. The van der Waals surface area contributed by atoms with E-state index in [1.807, 2.05) is 0 Å². The Balaban J connectivity index is 1.76. The zero-order valence-corrected chi connectivity index (χ0v) is 10.3. The first-order valence-electron chi connectivity index (χ1n) is 6.41. The summed E-state index contributed by atoms with van der Waals surface area (Å²) in [6.45, 7) is 0. The largest absolute Gasteiger partial charge is 0.299 e. The molecular formula is C15H17FO2. The summed E-state index contributed by atoms with van der Waals surface area (Å²) in [5.41, 5.74) is 1.10. The molecule has 0 radical (unpaired) electrons. The van der Waals surface area contributed by atoms with Crippen molar-refractivity contribution < 1.29 is 14.0 Å². The Labute approximate surface area is 106 Å². The Hall–Kier alpha value is -1.51. The molecule has 0 bridgehead atoms. The van der Waals surface area contributed by atoms with Crippen LogP contribution in [0.1, 0.15) is 37.7 Å². The minimum atomic E-state index is -0.220. The molecule has 3 heteroatoms. The highest BCUT2D eigenvalue weighted by atomic mass is 19.1. The third kappa shape index (κ3) is 3.76.